The van der Waals surface area contributed by atoms with Crippen LogP contribution in [-0.2, 0) is 4.79 Å². The molecule has 0 saturated carbocycles. The molecule has 1 fully saturated rings. The van der Waals surface area contributed by atoms with Gasteiger partial charge in [0, 0.05) is 43.5 Å². The van der Waals surface area contributed by atoms with Crippen molar-refractivity contribution in [1.29, 1.82) is 0 Å². The number of urea groups is 1. The van der Waals surface area contributed by atoms with Gasteiger partial charge in [-0.15, -0.1) is 0 Å². The fourth-order valence-electron chi connectivity index (χ4n) is 4.17. The number of anilines is 1. The fourth-order valence-corrected chi connectivity index (χ4v) is 4.17. The second-order valence-corrected chi connectivity index (χ2v) is 9.08. The molecular formula is C26H32N4O5. The lowest BCUT2D eigenvalue weighted by Gasteiger charge is -2.37. The SMILES string of the molecule is CC(C)c1ccc(C(=O)N2CCN(C(C)C(=O)NC(=O)Nc3ccc4c(c3)OCCO4)CC2)cc1. The highest BCUT2D eigenvalue weighted by Gasteiger charge is 2.28. The highest BCUT2D eigenvalue weighted by Crippen LogP contribution is 2.32. The summed E-state index contributed by atoms with van der Waals surface area (Å²) >= 11 is 0. The molecular weight excluding hydrogens is 448 g/mol. The van der Waals surface area contributed by atoms with Crippen LogP contribution in [0.1, 0.15) is 42.6 Å². The molecule has 4 rings (SSSR count). The molecule has 0 spiro atoms. The Morgan fingerprint density at radius 2 is 1.51 bits per heavy atom. The fraction of sp³-hybridized carbons (Fsp3) is 0.423. The van der Waals surface area contributed by atoms with E-state index in [1.165, 1.54) is 5.56 Å². The summed E-state index contributed by atoms with van der Waals surface area (Å²) in [5.41, 5.74) is 2.37. The highest BCUT2D eigenvalue weighted by atomic mass is 16.6. The molecule has 1 saturated heterocycles. The number of nitrogens with one attached hydrogen (secondary N) is 2. The van der Waals surface area contributed by atoms with Crippen LogP contribution in [-0.4, -0.2) is 73.1 Å². The summed E-state index contributed by atoms with van der Waals surface area (Å²) in [5.74, 6) is 1.19. The van der Waals surface area contributed by atoms with Crippen molar-refractivity contribution >= 4 is 23.5 Å². The third-order valence-corrected chi connectivity index (χ3v) is 6.39. The summed E-state index contributed by atoms with van der Waals surface area (Å²) in [5, 5.41) is 5.05. The number of nitrogens with zero attached hydrogens (tertiary/aromatic N) is 2. The topological polar surface area (TPSA) is 100 Å². The van der Waals surface area contributed by atoms with E-state index < -0.39 is 18.0 Å². The average molecular weight is 481 g/mol. The number of carbonyl (C=O) groups excluding carboxylic acids is 3. The summed E-state index contributed by atoms with van der Waals surface area (Å²) in [7, 11) is 0. The van der Waals surface area contributed by atoms with E-state index in [0.29, 0.717) is 68.1 Å². The van der Waals surface area contributed by atoms with Crippen LogP contribution in [0.5, 0.6) is 11.5 Å². The standard InChI is InChI=1S/C26H32N4O5/c1-17(2)19-4-6-20(7-5-19)25(32)30-12-10-29(11-13-30)18(3)24(31)28-26(33)27-21-8-9-22-23(16-21)35-15-14-34-22/h4-9,16-18H,10-15H2,1-3H3,(H2,27,28,31,33). The Morgan fingerprint density at radius 3 is 2.17 bits per heavy atom. The smallest absolute Gasteiger partial charge is 0.325 e. The van der Waals surface area contributed by atoms with E-state index >= 15 is 0 Å². The van der Waals surface area contributed by atoms with Gasteiger partial charge in [-0.25, -0.2) is 4.79 Å². The van der Waals surface area contributed by atoms with E-state index in [2.05, 4.69) is 24.5 Å². The molecule has 2 heterocycles. The monoisotopic (exact) mass is 480 g/mol. The zero-order valence-corrected chi connectivity index (χ0v) is 20.4. The summed E-state index contributed by atoms with van der Waals surface area (Å²) in [6, 6.07) is 11.7. The van der Waals surface area contributed by atoms with E-state index in [-0.39, 0.29) is 5.91 Å². The number of benzene rings is 2. The summed E-state index contributed by atoms with van der Waals surface area (Å²) in [6.07, 6.45) is 0. The van der Waals surface area contributed by atoms with Crippen LogP contribution in [0.3, 0.4) is 0 Å². The first-order valence-corrected chi connectivity index (χ1v) is 12.0. The molecule has 2 aromatic rings. The van der Waals surface area contributed by atoms with Gasteiger partial charge in [0.25, 0.3) is 5.91 Å². The number of fused-ring (bicyclic) bond motifs is 1. The molecule has 2 aliphatic heterocycles. The Bertz CT molecular complexity index is 1080. The zero-order valence-electron chi connectivity index (χ0n) is 20.4. The molecule has 2 aliphatic rings. The van der Waals surface area contributed by atoms with Crippen LogP contribution < -0.4 is 20.1 Å². The summed E-state index contributed by atoms with van der Waals surface area (Å²) in [6.45, 7) is 9.07. The van der Waals surface area contributed by atoms with Crippen molar-refractivity contribution in [1.82, 2.24) is 15.1 Å². The largest absolute Gasteiger partial charge is 0.486 e. The van der Waals surface area contributed by atoms with Gasteiger partial charge in [0.2, 0.25) is 5.91 Å². The molecule has 2 N–H and O–H groups in total. The van der Waals surface area contributed by atoms with Crippen LogP contribution in [0.25, 0.3) is 0 Å². The van der Waals surface area contributed by atoms with Crippen molar-refractivity contribution in [2.24, 2.45) is 0 Å². The van der Waals surface area contributed by atoms with E-state index in [0.717, 1.165) is 0 Å². The first-order chi connectivity index (χ1) is 16.8. The van der Waals surface area contributed by atoms with Gasteiger partial charge in [0.15, 0.2) is 11.5 Å². The van der Waals surface area contributed by atoms with Crippen LogP contribution in [0.4, 0.5) is 10.5 Å². The Balaban J connectivity index is 1.25. The van der Waals surface area contributed by atoms with Gasteiger partial charge in [-0.05, 0) is 42.7 Å². The zero-order chi connectivity index (χ0) is 24.9. The second kappa shape index (κ2) is 10.8. The van der Waals surface area contributed by atoms with Gasteiger partial charge in [-0.3, -0.25) is 19.8 Å². The lowest BCUT2D eigenvalue weighted by atomic mass is 10.0. The molecule has 0 radical (unpaired) electrons. The van der Waals surface area contributed by atoms with Crippen molar-refractivity contribution in [3.8, 4) is 11.5 Å². The quantitative estimate of drug-likeness (QED) is 0.682. The van der Waals surface area contributed by atoms with Gasteiger partial charge < -0.3 is 19.7 Å². The second-order valence-electron chi connectivity index (χ2n) is 9.08. The van der Waals surface area contributed by atoms with Crippen LogP contribution in [0.15, 0.2) is 42.5 Å². The van der Waals surface area contributed by atoms with Crippen molar-refractivity contribution in [3.63, 3.8) is 0 Å². The number of imide groups is 1. The lowest BCUT2D eigenvalue weighted by Crippen LogP contribution is -2.55. The maximum absolute atomic E-state index is 12.9. The number of ether oxygens (including phenoxy) is 2. The van der Waals surface area contributed by atoms with E-state index in [1.54, 1.807) is 30.0 Å². The van der Waals surface area contributed by atoms with Gasteiger partial charge in [0.05, 0.1) is 6.04 Å². The third-order valence-electron chi connectivity index (χ3n) is 6.39. The predicted molar refractivity (Wildman–Crippen MR) is 132 cm³/mol. The molecule has 35 heavy (non-hydrogen) atoms. The molecule has 9 heteroatoms. The predicted octanol–water partition coefficient (Wildman–Crippen LogP) is 3.08. The molecule has 2 aromatic carbocycles. The van der Waals surface area contributed by atoms with Crippen LogP contribution >= 0.6 is 0 Å². The minimum Gasteiger partial charge on any atom is -0.486 e. The van der Waals surface area contributed by atoms with Crippen molar-refractivity contribution in [2.75, 3.05) is 44.7 Å². The number of carbonyl (C=O) groups is 3. The van der Waals surface area contributed by atoms with Crippen molar-refractivity contribution in [3.05, 3.63) is 53.6 Å². The number of hydrogen-bond acceptors (Lipinski definition) is 6. The molecule has 0 aliphatic carbocycles. The highest BCUT2D eigenvalue weighted by molar-refractivity contribution is 6.03. The van der Waals surface area contributed by atoms with Crippen molar-refractivity contribution < 1.29 is 23.9 Å². The normalized spacial score (nSPS) is 16.5. The first-order valence-electron chi connectivity index (χ1n) is 12.0. The molecule has 1 unspecified atom stereocenters. The Hall–Kier alpha value is -3.59. The number of hydrogen-bond donors (Lipinski definition) is 2. The van der Waals surface area contributed by atoms with Crippen LogP contribution in [0.2, 0.25) is 0 Å². The molecule has 1 atom stereocenters. The lowest BCUT2D eigenvalue weighted by molar-refractivity contribution is -0.125. The molecule has 0 bridgehead atoms. The number of piperazine rings is 1. The Morgan fingerprint density at radius 1 is 0.857 bits per heavy atom. The Labute approximate surface area is 205 Å². The average Bonchev–Trinajstić information content (AvgIpc) is 2.87. The van der Waals surface area contributed by atoms with Gasteiger partial charge in [-0.1, -0.05) is 26.0 Å². The minimum absolute atomic E-state index is 0.00383. The van der Waals surface area contributed by atoms with Gasteiger partial charge in [0.1, 0.15) is 13.2 Å². The van der Waals surface area contributed by atoms with E-state index in [4.69, 9.17) is 9.47 Å². The van der Waals surface area contributed by atoms with E-state index in [9.17, 15) is 14.4 Å². The van der Waals surface area contributed by atoms with Gasteiger partial charge in [-0.2, -0.15) is 0 Å². The number of amides is 4. The number of rotatable bonds is 5. The first kappa shape index (κ1) is 24.5. The van der Waals surface area contributed by atoms with Gasteiger partial charge >= 0.3 is 6.03 Å². The molecule has 4 amide bonds. The molecule has 0 aromatic heterocycles. The Kier molecular flexibility index (Phi) is 7.55. The van der Waals surface area contributed by atoms with Crippen LogP contribution in [0, 0.1) is 0 Å². The third kappa shape index (κ3) is 5.92. The maximum atomic E-state index is 12.9. The molecule has 9 nitrogen and oxygen atoms in total. The maximum Gasteiger partial charge on any atom is 0.325 e. The summed E-state index contributed by atoms with van der Waals surface area (Å²) < 4.78 is 11.0. The summed E-state index contributed by atoms with van der Waals surface area (Å²) in [4.78, 5) is 41.7. The van der Waals surface area contributed by atoms with Crippen molar-refractivity contribution in [2.45, 2.75) is 32.7 Å². The van der Waals surface area contributed by atoms with E-state index in [1.807, 2.05) is 29.2 Å². The minimum atomic E-state index is -0.614. The molecule has 186 valence electrons.